The van der Waals surface area contributed by atoms with Gasteiger partial charge in [0.2, 0.25) is 11.8 Å². The summed E-state index contributed by atoms with van der Waals surface area (Å²) in [5.41, 5.74) is 1.16. The van der Waals surface area contributed by atoms with E-state index < -0.39 is 17.1 Å². The van der Waals surface area contributed by atoms with E-state index in [2.05, 4.69) is 22.4 Å². The van der Waals surface area contributed by atoms with E-state index in [1.807, 2.05) is 0 Å². The molecule has 3 N–H and O–H groups in total. The Morgan fingerprint density at radius 1 is 1.19 bits per heavy atom. The molecule has 0 radical (unpaired) electrons. The third kappa shape index (κ3) is 5.16. The quantitative estimate of drug-likeness (QED) is 0.373. The Morgan fingerprint density at radius 3 is 2.56 bits per heavy atom. The molecule has 1 heterocycles. The summed E-state index contributed by atoms with van der Waals surface area (Å²) in [7, 11) is 0. The summed E-state index contributed by atoms with van der Waals surface area (Å²) in [5.74, 6) is -0.800. The van der Waals surface area contributed by atoms with Crippen molar-refractivity contribution < 1.29 is 9.90 Å². The average molecular weight is 372 g/mol. The van der Waals surface area contributed by atoms with Crippen LogP contribution in [0.3, 0.4) is 0 Å². The normalized spacial score (nSPS) is 11.4. The molecule has 27 heavy (non-hydrogen) atoms. The lowest BCUT2D eigenvalue weighted by Crippen LogP contribution is -2.33. The molecule has 0 aliphatic rings. The Hall–Kier alpha value is -3.16. The molecule has 1 amide bonds. The van der Waals surface area contributed by atoms with E-state index in [1.54, 1.807) is 30.3 Å². The molecule has 0 saturated heterocycles. The van der Waals surface area contributed by atoms with E-state index in [-0.39, 0.29) is 17.2 Å². The summed E-state index contributed by atoms with van der Waals surface area (Å²) >= 11 is 0. The first-order valence-corrected chi connectivity index (χ1v) is 8.93. The van der Waals surface area contributed by atoms with Gasteiger partial charge >= 0.3 is 5.69 Å². The van der Waals surface area contributed by atoms with Crippen molar-refractivity contribution in [3.05, 3.63) is 56.7 Å². The number of carbonyl (C=O) groups is 1. The summed E-state index contributed by atoms with van der Waals surface area (Å²) in [6, 6.07) is 8.40. The lowest BCUT2D eigenvalue weighted by atomic mass is 10.1. The van der Waals surface area contributed by atoms with Crippen LogP contribution in [0.1, 0.15) is 51.5 Å². The van der Waals surface area contributed by atoms with Crippen LogP contribution >= 0.6 is 0 Å². The Bertz CT molecular complexity index is 929. The molecular weight excluding hydrogens is 348 g/mol. The van der Waals surface area contributed by atoms with Gasteiger partial charge in [-0.15, -0.1) is 0 Å². The summed E-state index contributed by atoms with van der Waals surface area (Å²) in [6.07, 6.45) is 4.22. The fraction of sp³-hybridized carbons (Fsp3) is 0.368. The second-order valence-electron chi connectivity index (χ2n) is 6.17. The van der Waals surface area contributed by atoms with Crippen LogP contribution < -0.4 is 16.7 Å². The van der Waals surface area contributed by atoms with Gasteiger partial charge in [0, 0.05) is 6.42 Å². The first kappa shape index (κ1) is 20.2. The fourth-order valence-corrected chi connectivity index (χ4v) is 2.64. The van der Waals surface area contributed by atoms with Crippen LogP contribution in [0.2, 0.25) is 0 Å². The lowest BCUT2D eigenvalue weighted by molar-refractivity contribution is -0.121. The van der Waals surface area contributed by atoms with E-state index in [1.165, 1.54) is 6.92 Å². The number of aromatic hydroxyl groups is 1. The molecule has 0 spiro atoms. The van der Waals surface area contributed by atoms with Crippen LogP contribution in [0.15, 0.2) is 45.0 Å². The van der Waals surface area contributed by atoms with Crippen molar-refractivity contribution in [2.45, 2.75) is 46.0 Å². The summed E-state index contributed by atoms with van der Waals surface area (Å²) < 4.78 is 0.975. The third-order valence-corrected chi connectivity index (χ3v) is 4.07. The van der Waals surface area contributed by atoms with E-state index >= 15 is 0 Å². The first-order valence-electron chi connectivity index (χ1n) is 8.93. The van der Waals surface area contributed by atoms with Gasteiger partial charge in [0.05, 0.1) is 11.4 Å². The summed E-state index contributed by atoms with van der Waals surface area (Å²) in [4.78, 5) is 38.3. The number of H-pyrrole nitrogens is 1. The fourth-order valence-electron chi connectivity index (χ4n) is 2.64. The van der Waals surface area contributed by atoms with E-state index in [0.29, 0.717) is 12.1 Å². The van der Waals surface area contributed by atoms with Gasteiger partial charge < -0.3 is 5.11 Å². The van der Waals surface area contributed by atoms with Gasteiger partial charge in [-0.1, -0.05) is 44.4 Å². The highest BCUT2D eigenvalue weighted by Gasteiger charge is 2.18. The van der Waals surface area contributed by atoms with Gasteiger partial charge in [-0.25, -0.2) is 14.8 Å². The first-order chi connectivity index (χ1) is 13.0. The number of hydrogen-bond donors (Lipinski definition) is 3. The van der Waals surface area contributed by atoms with Crippen molar-refractivity contribution in [3.63, 3.8) is 0 Å². The van der Waals surface area contributed by atoms with Crippen LogP contribution in [0.4, 0.5) is 0 Å². The molecule has 0 saturated carbocycles. The zero-order valence-corrected chi connectivity index (χ0v) is 15.5. The highest BCUT2D eigenvalue weighted by Crippen LogP contribution is 2.16. The highest BCUT2D eigenvalue weighted by molar-refractivity contribution is 6.00. The lowest BCUT2D eigenvalue weighted by Gasteiger charge is -2.11. The Labute approximate surface area is 156 Å². The van der Waals surface area contributed by atoms with E-state index in [4.69, 9.17) is 0 Å². The molecule has 144 valence electrons. The number of carbonyl (C=O) groups excluding carboxylic acids is 1. The van der Waals surface area contributed by atoms with E-state index in [9.17, 15) is 19.5 Å². The highest BCUT2D eigenvalue weighted by atomic mass is 16.3. The minimum atomic E-state index is -0.775. The minimum Gasteiger partial charge on any atom is -0.493 e. The van der Waals surface area contributed by atoms with Gasteiger partial charge in [0.15, 0.2) is 0 Å². The Kier molecular flexibility index (Phi) is 7.10. The number of hydrogen-bond acceptors (Lipinski definition) is 5. The SMILES string of the molecule is CCCCCCC(=O)NN=C(C)c1c(O)n(-c2ccccc2)c(=O)[nH]c1=O. The number of aromatic amines is 1. The number of unbranched alkanes of at least 4 members (excludes halogenated alkanes) is 3. The molecule has 0 unspecified atom stereocenters. The van der Waals surface area contributed by atoms with Crippen molar-refractivity contribution >= 4 is 11.6 Å². The maximum absolute atomic E-state index is 12.2. The van der Waals surface area contributed by atoms with Crippen molar-refractivity contribution in [2.75, 3.05) is 0 Å². The maximum Gasteiger partial charge on any atom is 0.335 e. The zero-order chi connectivity index (χ0) is 19.8. The van der Waals surface area contributed by atoms with Gasteiger partial charge in [0.1, 0.15) is 5.56 Å². The Balaban J connectivity index is 2.26. The number of nitrogens with one attached hydrogen (secondary N) is 2. The molecule has 2 aromatic rings. The third-order valence-electron chi connectivity index (χ3n) is 4.07. The Morgan fingerprint density at radius 2 is 1.89 bits per heavy atom. The molecule has 2 rings (SSSR count). The molecule has 1 aromatic carbocycles. The van der Waals surface area contributed by atoms with Crippen LogP contribution in [0.25, 0.3) is 5.69 Å². The zero-order valence-electron chi connectivity index (χ0n) is 15.5. The van der Waals surface area contributed by atoms with Crippen molar-refractivity contribution in [1.29, 1.82) is 0 Å². The standard InChI is InChI=1S/C19H24N4O4/c1-3-4-5-9-12-15(24)22-21-13(2)16-17(25)20-19(27)23(18(16)26)14-10-7-6-8-11-14/h6-8,10-11,26H,3-5,9,12H2,1-2H3,(H,22,24)(H,20,25,27). The van der Waals surface area contributed by atoms with Crippen LogP contribution in [-0.4, -0.2) is 26.3 Å². The van der Waals surface area contributed by atoms with E-state index in [0.717, 1.165) is 30.3 Å². The molecular formula is C19H24N4O4. The molecule has 0 aliphatic carbocycles. The van der Waals surface area contributed by atoms with Gasteiger partial charge in [-0.3, -0.25) is 14.6 Å². The number of nitrogens with zero attached hydrogens (tertiary/aromatic N) is 2. The average Bonchev–Trinajstić information content (AvgIpc) is 2.64. The molecule has 0 bridgehead atoms. The number of rotatable bonds is 8. The molecule has 0 aliphatic heterocycles. The van der Waals surface area contributed by atoms with Crippen LogP contribution in [0.5, 0.6) is 5.88 Å². The molecule has 8 nitrogen and oxygen atoms in total. The summed E-state index contributed by atoms with van der Waals surface area (Å²) in [5, 5.41) is 14.4. The topological polar surface area (TPSA) is 117 Å². The van der Waals surface area contributed by atoms with Gasteiger partial charge in [-0.2, -0.15) is 5.10 Å². The largest absolute Gasteiger partial charge is 0.493 e. The van der Waals surface area contributed by atoms with Crippen molar-refractivity contribution in [2.24, 2.45) is 5.10 Å². The number of para-hydroxylation sites is 1. The summed E-state index contributed by atoms with van der Waals surface area (Å²) in [6.45, 7) is 3.56. The van der Waals surface area contributed by atoms with Gasteiger partial charge in [-0.05, 0) is 25.5 Å². The molecule has 8 heteroatoms. The second-order valence-corrected chi connectivity index (χ2v) is 6.17. The number of benzene rings is 1. The van der Waals surface area contributed by atoms with Crippen molar-refractivity contribution in [3.8, 4) is 11.6 Å². The number of aromatic nitrogens is 2. The van der Waals surface area contributed by atoms with Crippen molar-refractivity contribution in [1.82, 2.24) is 15.0 Å². The number of hydrazone groups is 1. The second kappa shape index (κ2) is 9.51. The minimum absolute atomic E-state index is 0.0975. The van der Waals surface area contributed by atoms with Crippen LogP contribution in [0, 0.1) is 0 Å². The monoisotopic (exact) mass is 372 g/mol. The predicted octanol–water partition coefficient (Wildman–Crippen LogP) is 2.04. The predicted molar refractivity (Wildman–Crippen MR) is 103 cm³/mol. The maximum atomic E-state index is 12.2. The molecule has 0 atom stereocenters. The van der Waals surface area contributed by atoms with Crippen LogP contribution in [-0.2, 0) is 4.79 Å². The van der Waals surface area contributed by atoms with Gasteiger partial charge in [0.25, 0.3) is 5.56 Å². The molecule has 1 aromatic heterocycles. The molecule has 0 fully saturated rings. The number of amides is 1. The smallest absolute Gasteiger partial charge is 0.335 e.